The number of hydrogen-bond acceptors (Lipinski definition) is 6. The Morgan fingerprint density at radius 1 is 1.10 bits per heavy atom. The van der Waals surface area contributed by atoms with Crippen LogP contribution in [-0.4, -0.2) is 60.3 Å². The normalized spacial score (nSPS) is 18.4. The van der Waals surface area contributed by atoms with E-state index in [1.54, 1.807) is 22.8 Å². The van der Waals surface area contributed by atoms with Crippen LogP contribution in [0.1, 0.15) is 29.2 Å². The third-order valence-electron chi connectivity index (χ3n) is 7.49. The molecule has 1 saturated heterocycles. The molecule has 1 fully saturated rings. The predicted molar refractivity (Wildman–Crippen MR) is 166 cm³/mol. The lowest BCUT2D eigenvalue weighted by atomic mass is 9.99. The van der Waals surface area contributed by atoms with E-state index >= 15 is 0 Å². The third-order valence-corrected chi connectivity index (χ3v) is 9.05. The molecule has 2 aliphatic heterocycles. The molecule has 216 valence electrons. The zero-order valence-corrected chi connectivity index (χ0v) is 24.7. The minimum absolute atomic E-state index is 0.00633. The monoisotopic (exact) mass is 602 g/mol. The number of anilines is 1. The van der Waals surface area contributed by atoms with Crippen LogP contribution in [0.25, 0.3) is 16.9 Å². The van der Waals surface area contributed by atoms with E-state index in [0.717, 1.165) is 29.5 Å². The quantitative estimate of drug-likeness (QED) is 0.280. The van der Waals surface area contributed by atoms with Crippen LogP contribution in [0.2, 0.25) is 5.02 Å². The number of hydrogen-bond donors (Lipinski definition) is 1. The van der Waals surface area contributed by atoms with Gasteiger partial charge in [0.15, 0.2) is 0 Å². The summed E-state index contributed by atoms with van der Waals surface area (Å²) in [6.45, 7) is 0.947. The first-order valence-electron chi connectivity index (χ1n) is 13.9. The second-order valence-electron chi connectivity index (χ2n) is 10.2. The van der Waals surface area contributed by atoms with Gasteiger partial charge in [0, 0.05) is 29.8 Å². The van der Waals surface area contributed by atoms with Gasteiger partial charge < -0.3 is 14.8 Å². The van der Waals surface area contributed by atoms with Crippen LogP contribution in [0.15, 0.2) is 78.9 Å². The average Bonchev–Trinajstić information content (AvgIpc) is 3.66. The van der Waals surface area contributed by atoms with Crippen molar-refractivity contribution in [3.05, 3.63) is 95.0 Å². The zero-order chi connectivity index (χ0) is 29.1. The smallest absolute Gasteiger partial charge is 0.240 e. The first-order chi connectivity index (χ1) is 20.5. The Labute approximate surface area is 253 Å². The molecule has 1 aromatic heterocycles. The standard InChI is InChI=1S/C32H31ClN4O4S/c1-40-26-16-8-5-13-23(26)31-29-30(21-10-3-2-4-11-21)35-37(25-15-7-6-14-24(25)33)32(29)36(28(39)20-42-31)19-27(38)34-18-22-12-9-17-41-22/h2-8,10-11,13-16,22,31H,9,12,17-20H2,1H3,(H,34,38)/t22-,31+/m1/s1. The third kappa shape index (κ3) is 5.64. The number of nitrogens with zero attached hydrogens (tertiary/aromatic N) is 3. The zero-order valence-electron chi connectivity index (χ0n) is 23.2. The minimum Gasteiger partial charge on any atom is -0.496 e. The van der Waals surface area contributed by atoms with Gasteiger partial charge in [0.25, 0.3) is 0 Å². The molecule has 3 aromatic carbocycles. The van der Waals surface area contributed by atoms with E-state index in [1.807, 2.05) is 72.8 Å². The molecule has 2 amide bonds. The van der Waals surface area contributed by atoms with Crippen LogP contribution in [0.3, 0.4) is 0 Å². The number of aromatic nitrogens is 2. The van der Waals surface area contributed by atoms with Gasteiger partial charge in [0.05, 0.1) is 40.6 Å². The number of nitrogens with one attached hydrogen (secondary N) is 1. The Balaban J connectivity index is 1.54. The number of carbonyl (C=O) groups excluding carboxylic acids is 2. The van der Waals surface area contributed by atoms with Crippen LogP contribution in [0.5, 0.6) is 5.75 Å². The summed E-state index contributed by atoms with van der Waals surface area (Å²) >= 11 is 8.22. The Morgan fingerprint density at radius 2 is 1.86 bits per heavy atom. The number of ether oxygens (including phenoxy) is 2. The lowest BCUT2D eigenvalue weighted by Gasteiger charge is -2.24. The fraction of sp³-hybridized carbons (Fsp3) is 0.281. The number of thioether (sulfide) groups is 1. The molecule has 0 spiro atoms. The van der Waals surface area contributed by atoms with E-state index < -0.39 is 0 Å². The van der Waals surface area contributed by atoms with Crippen molar-refractivity contribution in [2.75, 3.05) is 37.5 Å². The van der Waals surface area contributed by atoms with E-state index in [4.69, 9.17) is 26.2 Å². The summed E-state index contributed by atoms with van der Waals surface area (Å²) < 4.78 is 13.2. The van der Waals surface area contributed by atoms with E-state index in [9.17, 15) is 9.59 Å². The highest BCUT2D eigenvalue weighted by Crippen LogP contribution is 2.50. The van der Waals surface area contributed by atoms with Gasteiger partial charge in [-0.25, -0.2) is 4.68 Å². The lowest BCUT2D eigenvalue weighted by Crippen LogP contribution is -2.44. The molecular formula is C32H31ClN4O4S. The molecule has 6 rings (SSSR count). The van der Waals surface area contributed by atoms with Gasteiger partial charge in [-0.15, -0.1) is 11.8 Å². The number of rotatable bonds is 8. The summed E-state index contributed by atoms with van der Waals surface area (Å²) in [5.74, 6) is 0.922. The molecule has 1 N–H and O–H groups in total. The first kappa shape index (κ1) is 28.3. The molecular weight excluding hydrogens is 572 g/mol. The van der Waals surface area contributed by atoms with Gasteiger partial charge >= 0.3 is 0 Å². The molecule has 8 nitrogen and oxygen atoms in total. The van der Waals surface area contributed by atoms with E-state index in [2.05, 4.69) is 5.32 Å². The number of halogens is 1. The molecule has 42 heavy (non-hydrogen) atoms. The maximum Gasteiger partial charge on any atom is 0.240 e. The number of carbonyl (C=O) groups is 2. The van der Waals surface area contributed by atoms with Crippen LogP contribution in [-0.2, 0) is 14.3 Å². The van der Waals surface area contributed by atoms with Crippen molar-refractivity contribution in [2.45, 2.75) is 24.2 Å². The van der Waals surface area contributed by atoms with Gasteiger partial charge in [0.2, 0.25) is 11.8 Å². The molecule has 0 aliphatic carbocycles. The number of methoxy groups -OCH3 is 1. The van der Waals surface area contributed by atoms with E-state index in [1.165, 1.54) is 11.8 Å². The number of para-hydroxylation sites is 2. The molecule has 3 heterocycles. The van der Waals surface area contributed by atoms with E-state index in [-0.39, 0.29) is 35.5 Å². The SMILES string of the molecule is COc1ccccc1[C@@H]1SCC(=O)N(CC(=O)NC[C@H]2CCCO2)c2c1c(-c1ccccc1)nn2-c1ccccc1Cl. The van der Waals surface area contributed by atoms with Crippen LogP contribution >= 0.6 is 23.4 Å². The Hall–Kier alpha value is -3.79. The molecule has 4 aromatic rings. The number of benzene rings is 3. The highest BCUT2D eigenvalue weighted by Gasteiger charge is 2.39. The number of fused-ring (bicyclic) bond motifs is 1. The highest BCUT2D eigenvalue weighted by atomic mass is 35.5. The Bertz CT molecular complexity index is 1590. The lowest BCUT2D eigenvalue weighted by molar-refractivity contribution is -0.123. The Kier molecular flexibility index (Phi) is 8.51. The summed E-state index contributed by atoms with van der Waals surface area (Å²) in [6.07, 6.45) is 1.88. The molecule has 2 aliphatic rings. The van der Waals surface area contributed by atoms with Crippen LogP contribution < -0.4 is 15.0 Å². The second-order valence-corrected chi connectivity index (χ2v) is 11.7. The molecule has 0 unspecified atom stereocenters. The van der Waals surface area contributed by atoms with Gasteiger partial charge in [-0.2, -0.15) is 5.10 Å². The van der Waals surface area contributed by atoms with Crippen molar-refractivity contribution in [3.8, 4) is 22.7 Å². The van der Waals surface area contributed by atoms with Gasteiger partial charge in [-0.1, -0.05) is 72.3 Å². The van der Waals surface area contributed by atoms with Gasteiger partial charge in [-0.05, 0) is 31.0 Å². The van der Waals surface area contributed by atoms with Crippen LogP contribution in [0.4, 0.5) is 5.82 Å². The van der Waals surface area contributed by atoms with Crippen LogP contribution in [0, 0.1) is 0 Å². The summed E-state index contributed by atoms with van der Waals surface area (Å²) in [5, 5.41) is 8.24. The van der Waals surface area contributed by atoms with Crippen molar-refractivity contribution in [2.24, 2.45) is 0 Å². The molecule has 10 heteroatoms. The topological polar surface area (TPSA) is 85.7 Å². The first-order valence-corrected chi connectivity index (χ1v) is 15.3. The van der Waals surface area contributed by atoms with Gasteiger partial charge in [0.1, 0.15) is 18.1 Å². The van der Waals surface area contributed by atoms with Gasteiger partial charge in [-0.3, -0.25) is 14.5 Å². The number of amides is 2. The molecule has 0 radical (unpaired) electrons. The summed E-state index contributed by atoms with van der Waals surface area (Å²) in [5.41, 5.74) is 3.93. The predicted octanol–water partition coefficient (Wildman–Crippen LogP) is 5.67. The fourth-order valence-electron chi connectivity index (χ4n) is 5.48. The van der Waals surface area contributed by atoms with E-state index in [0.29, 0.717) is 41.1 Å². The van der Waals surface area contributed by atoms with Crippen molar-refractivity contribution in [1.82, 2.24) is 15.1 Å². The molecule has 0 bridgehead atoms. The van der Waals surface area contributed by atoms with Crippen molar-refractivity contribution >= 4 is 41.0 Å². The second kappa shape index (κ2) is 12.6. The largest absolute Gasteiger partial charge is 0.496 e. The molecule has 0 saturated carbocycles. The minimum atomic E-state index is -0.313. The van der Waals surface area contributed by atoms with Crippen molar-refractivity contribution < 1.29 is 19.1 Å². The van der Waals surface area contributed by atoms with Crippen molar-refractivity contribution in [1.29, 1.82) is 0 Å². The Morgan fingerprint density at radius 3 is 2.62 bits per heavy atom. The van der Waals surface area contributed by atoms with Crippen molar-refractivity contribution in [3.63, 3.8) is 0 Å². The summed E-state index contributed by atoms with van der Waals surface area (Å²) in [6, 6.07) is 25.0. The molecule has 2 atom stereocenters. The average molecular weight is 603 g/mol. The maximum atomic E-state index is 13.9. The summed E-state index contributed by atoms with van der Waals surface area (Å²) in [7, 11) is 1.64. The fourth-order valence-corrected chi connectivity index (χ4v) is 6.92. The highest BCUT2D eigenvalue weighted by molar-refractivity contribution is 8.00. The maximum absolute atomic E-state index is 13.9. The summed E-state index contributed by atoms with van der Waals surface area (Å²) in [4.78, 5) is 28.8.